The van der Waals surface area contributed by atoms with Crippen molar-refractivity contribution >= 4 is 5.91 Å². The van der Waals surface area contributed by atoms with E-state index in [1.165, 1.54) is 37.8 Å². The molecule has 0 fully saturated rings. The zero-order valence-corrected chi connectivity index (χ0v) is 11.4. The van der Waals surface area contributed by atoms with Crippen molar-refractivity contribution in [3.8, 4) is 0 Å². The molecule has 3 nitrogen and oxygen atoms in total. The molecule has 1 aromatic carbocycles. The Morgan fingerprint density at radius 2 is 2.00 bits per heavy atom. The number of hydrogen-bond acceptors (Lipinski definition) is 2. The van der Waals surface area contributed by atoms with Crippen molar-refractivity contribution in [1.29, 1.82) is 0 Å². The summed E-state index contributed by atoms with van der Waals surface area (Å²) in [6, 6.07) is 6.44. The van der Waals surface area contributed by atoms with Crippen molar-refractivity contribution in [2.24, 2.45) is 0 Å². The molecular weight excluding hydrogens is 226 g/mol. The minimum atomic E-state index is -1.30. The van der Waals surface area contributed by atoms with E-state index in [-0.39, 0.29) is 5.91 Å². The predicted octanol–water partition coefficient (Wildman–Crippen LogP) is 1.90. The SMILES string of the molecule is CN(Cc1ccc2c(c1)CCC2)C(=O)C(C)(C)O. The van der Waals surface area contributed by atoms with E-state index in [9.17, 15) is 9.90 Å². The van der Waals surface area contributed by atoms with Crippen LogP contribution in [0.25, 0.3) is 0 Å². The quantitative estimate of drug-likeness (QED) is 0.886. The fourth-order valence-electron chi connectivity index (χ4n) is 2.54. The molecule has 0 aliphatic heterocycles. The maximum atomic E-state index is 11.9. The van der Waals surface area contributed by atoms with Gasteiger partial charge in [-0.15, -0.1) is 0 Å². The first-order valence-electron chi connectivity index (χ1n) is 6.46. The van der Waals surface area contributed by atoms with Gasteiger partial charge >= 0.3 is 0 Å². The van der Waals surface area contributed by atoms with Gasteiger partial charge in [0.05, 0.1) is 0 Å². The lowest BCUT2D eigenvalue weighted by Gasteiger charge is -2.25. The Kier molecular flexibility index (Phi) is 3.44. The molecule has 0 bridgehead atoms. The van der Waals surface area contributed by atoms with Gasteiger partial charge < -0.3 is 10.0 Å². The number of hydrogen-bond donors (Lipinski definition) is 1. The van der Waals surface area contributed by atoms with Crippen molar-refractivity contribution in [2.45, 2.75) is 45.3 Å². The Labute approximate surface area is 108 Å². The molecule has 0 radical (unpaired) electrons. The third kappa shape index (κ3) is 2.72. The van der Waals surface area contributed by atoms with Gasteiger partial charge in [0, 0.05) is 13.6 Å². The number of amides is 1. The van der Waals surface area contributed by atoms with E-state index in [0.29, 0.717) is 6.54 Å². The Morgan fingerprint density at radius 3 is 2.67 bits per heavy atom. The topological polar surface area (TPSA) is 40.5 Å². The van der Waals surface area contributed by atoms with Crippen LogP contribution in [0.3, 0.4) is 0 Å². The second-order valence-corrected chi connectivity index (χ2v) is 5.68. The molecular formula is C15H21NO2. The summed E-state index contributed by atoms with van der Waals surface area (Å²) in [6.45, 7) is 3.60. The van der Waals surface area contributed by atoms with E-state index < -0.39 is 5.60 Å². The fourth-order valence-corrected chi connectivity index (χ4v) is 2.54. The standard InChI is InChI=1S/C15H21NO2/c1-15(2,18)14(17)16(3)10-11-7-8-12-5-4-6-13(12)9-11/h7-9,18H,4-6,10H2,1-3H3. The Balaban J connectivity index is 2.08. The molecule has 2 rings (SSSR count). The highest BCUT2D eigenvalue weighted by Crippen LogP contribution is 2.23. The zero-order chi connectivity index (χ0) is 13.3. The molecule has 0 unspecified atom stereocenters. The molecule has 3 heteroatoms. The summed E-state index contributed by atoms with van der Waals surface area (Å²) in [5.74, 6) is -0.247. The van der Waals surface area contributed by atoms with E-state index in [0.717, 1.165) is 12.0 Å². The van der Waals surface area contributed by atoms with E-state index in [2.05, 4.69) is 18.2 Å². The number of carbonyl (C=O) groups excluding carboxylic acids is 1. The summed E-state index contributed by atoms with van der Waals surface area (Å²) in [4.78, 5) is 13.5. The Bertz CT molecular complexity index is 460. The summed E-state index contributed by atoms with van der Waals surface area (Å²) in [5, 5.41) is 9.70. The minimum absolute atomic E-state index is 0.247. The summed E-state index contributed by atoms with van der Waals surface area (Å²) in [6.07, 6.45) is 3.55. The number of fused-ring (bicyclic) bond motifs is 1. The third-order valence-electron chi connectivity index (χ3n) is 3.45. The van der Waals surface area contributed by atoms with Gasteiger partial charge in [-0.1, -0.05) is 18.2 Å². The molecule has 1 aliphatic carbocycles. The van der Waals surface area contributed by atoms with Crippen molar-refractivity contribution in [1.82, 2.24) is 4.90 Å². The number of aliphatic hydroxyl groups is 1. The van der Waals surface area contributed by atoms with E-state index in [1.54, 1.807) is 11.9 Å². The molecule has 0 aromatic heterocycles. The highest BCUT2D eigenvalue weighted by atomic mass is 16.3. The fraction of sp³-hybridized carbons (Fsp3) is 0.533. The molecule has 1 N–H and O–H groups in total. The molecule has 98 valence electrons. The summed E-state index contributed by atoms with van der Waals surface area (Å²) in [5.41, 5.74) is 2.69. The molecule has 0 spiro atoms. The molecule has 18 heavy (non-hydrogen) atoms. The van der Waals surface area contributed by atoms with Crippen LogP contribution in [0.4, 0.5) is 0 Å². The smallest absolute Gasteiger partial charge is 0.253 e. The first kappa shape index (κ1) is 13.1. The van der Waals surface area contributed by atoms with Crippen LogP contribution >= 0.6 is 0 Å². The first-order chi connectivity index (χ1) is 8.38. The van der Waals surface area contributed by atoms with Crippen LogP contribution in [0.2, 0.25) is 0 Å². The lowest BCUT2D eigenvalue weighted by atomic mass is 10.0. The monoisotopic (exact) mass is 247 g/mol. The Morgan fingerprint density at radius 1 is 1.33 bits per heavy atom. The van der Waals surface area contributed by atoms with Crippen LogP contribution in [-0.2, 0) is 24.2 Å². The lowest BCUT2D eigenvalue weighted by Crippen LogP contribution is -2.42. The maximum absolute atomic E-state index is 11.9. The molecule has 1 amide bonds. The van der Waals surface area contributed by atoms with Crippen LogP contribution in [0.15, 0.2) is 18.2 Å². The highest BCUT2D eigenvalue weighted by molar-refractivity contribution is 5.83. The van der Waals surface area contributed by atoms with Gasteiger partial charge in [-0.05, 0) is 49.8 Å². The molecule has 0 saturated heterocycles. The zero-order valence-electron chi connectivity index (χ0n) is 11.4. The van der Waals surface area contributed by atoms with Crippen molar-refractivity contribution in [3.05, 3.63) is 34.9 Å². The van der Waals surface area contributed by atoms with Crippen molar-refractivity contribution in [2.75, 3.05) is 7.05 Å². The van der Waals surface area contributed by atoms with Crippen LogP contribution in [-0.4, -0.2) is 28.6 Å². The molecule has 0 atom stereocenters. The van der Waals surface area contributed by atoms with Gasteiger partial charge in [-0.25, -0.2) is 0 Å². The molecule has 1 aromatic rings. The number of benzene rings is 1. The summed E-state index contributed by atoms with van der Waals surface area (Å²) < 4.78 is 0. The highest BCUT2D eigenvalue weighted by Gasteiger charge is 2.27. The lowest BCUT2D eigenvalue weighted by molar-refractivity contribution is -0.146. The number of carbonyl (C=O) groups is 1. The van der Waals surface area contributed by atoms with Gasteiger partial charge in [-0.2, -0.15) is 0 Å². The molecule has 1 aliphatic rings. The van der Waals surface area contributed by atoms with Crippen LogP contribution < -0.4 is 0 Å². The van der Waals surface area contributed by atoms with Gasteiger partial charge in [0.15, 0.2) is 0 Å². The van der Waals surface area contributed by atoms with E-state index >= 15 is 0 Å². The molecule has 0 heterocycles. The third-order valence-corrected chi connectivity index (χ3v) is 3.45. The largest absolute Gasteiger partial charge is 0.381 e. The van der Waals surface area contributed by atoms with E-state index in [4.69, 9.17) is 0 Å². The summed E-state index contributed by atoms with van der Waals surface area (Å²) in [7, 11) is 1.73. The van der Waals surface area contributed by atoms with Crippen molar-refractivity contribution in [3.63, 3.8) is 0 Å². The van der Waals surface area contributed by atoms with Gasteiger partial charge in [0.2, 0.25) is 0 Å². The first-order valence-corrected chi connectivity index (χ1v) is 6.46. The minimum Gasteiger partial charge on any atom is -0.381 e. The number of likely N-dealkylation sites (N-methyl/N-ethyl adjacent to an activating group) is 1. The summed E-state index contributed by atoms with van der Waals surface area (Å²) >= 11 is 0. The van der Waals surface area contributed by atoms with Gasteiger partial charge in [-0.3, -0.25) is 4.79 Å². The maximum Gasteiger partial charge on any atom is 0.253 e. The molecule has 0 saturated carbocycles. The van der Waals surface area contributed by atoms with Gasteiger partial charge in [0.1, 0.15) is 5.60 Å². The average Bonchev–Trinajstić information content (AvgIpc) is 2.73. The Hall–Kier alpha value is -1.35. The number of nitrogens with zero attached hydrogens (tertiary/aromatic N) is 1. The average molecular weight is 247 g/mol. The van der Waals surface area contributed by atoms with Crippen LogP contribution in [0.1, 0.15) is 37.0 Å². The van der Waals surface area contributed by atoms with Crippen LogP contribution in [0, 0.1) is 0 Å². The predicted molar refractivity (Wildman–Crippen MR) is 71.2 cm³/mol. The van der Waals surface area contributed by atoms with Crippen LogP contribution in [0.5, 0.6) is 0 Å². The van der Waals surface area contributed by atoms with Crippen molar-refractivity contribution < 1.29 is 9.90 Å². The number of aryl methyl sites for hydroxylation is 2. The van der Waals surface area contributed by atoms with E-state index in [1.807, 2.05) is 0 Å². The number of rotatable bonds is 3. The normalized spacial score (nSPS) is 14.4. The second-order valence-electron chi connectivity index (χ2n) is 5.68. The second kappa shape index (κ2) is 4.73. The van der Waals surface area contributed by atoms with Gasteiger partial charge in [0.25, 0.3) is 5.91 Å².